The third-order valence-electron chi connectivity index (χ3n) is 4.22. The fourth-order valence-electron chi connectivity index (χ4n) is 2.90. The van der Waals surface area contributed by atoms with Crippen molar-refractivity contribution < 1.29 is 0 Å². The Morgan fingerprint density at radius 3 is 2.57 bits per heavy atom. The normalized spacial score (nSPS) is 12.5. The standard InChI is InChI=1S/C19H20N2/c1-13-7-6-10-16(14(13)2)18(20-3)19-17-9-5-4-8-15(17)11-12-21-19/h4-12,18,20H,1-3H3. The Hall–Kier alpha value is -2.19. The van der Waals surface area contributed by atoms with Gasteiger partial charge in [0.15, 0.2) is 0 Å². The summed E-state index contributed by atoms with van der Waals surface area (Å²) in [5.74, 6) is 0. The van der Waals surface area contributed by atoms with Gasteiger partial charge in [-0.25, -0.2) is 0 Å². The van der Waals surface area contributed by atoms with Crippen molar-refractivity contribution in [1.29, 1.82) is 0 Å². The molecule has 0 spiro atoms. The molecule has 1 atom stereocenters. The van der Waals surface area contributed by atoms with Gasteiger partial charge < -0.3 is 5.32 Å². The number of nitrogens with zero attached hydrogens (tertiary/aromatic N) is 1. The van der Waals surface area contributed by atoms with Gasteiger partial charge in [0.1, 0.15) is 0 Å². The van der Waals surface area contributed by atoms with Crippen molar-refractivity contribution in [1.82, 2.24) is 10.3 Å². The van der Waals surface area contributed by atoms with Crippen LogP contribution in [-0.2, 0) is 0 Å². The SMILES string of the molecule is CNC(c1cccc(C)c1C)c1nccc2ccccc12. The monoisotopic (exact) mass is 276 g/mol. The molecular weight excluding hydrogens is 256 g/mol. The maximum atomic E-state index is 4.66. The van der Waals surface area contributed by atoms with E-state index in [2.05, 4.69) is 72.7 Å². The van der Waals surface area contributed by atoms with Crippen LogP contribution < -0.4 is 5.32 Å². The average molecular weight is 276 g/mol. The maximum Gasteiger partial charge on any atom is 0.0758 e. The van der Waals surface area contributed by atoms with Crippen LogP contribution in [0.2, 0.25) is 0 Å². The maximum absolute atomic E-state index is 4.66. The quantitative estimate of drug-likeness (QED) is 0.777. The molecule has 0 aliphatic rings. The van der Waals surface area contributed by atoms with E-state index >= 15 is 0 Å². The number of hydrogen-bond donors (Lipinski definition) is 1. The van der Waals surface area contributed by atoms with Crippen molar-refractivity contribution >= 4 is 10.8 Å². The fourth-order valence-corrected chi connectivity index (χ4v) is 2.90. The summed E-state index contributed by atoms with van der Waals surface area (Å²) in [4.78, 5) is 4.66. The second kappa shape index (κ2) is 5.66. The Balaban J connectivity index is 2.21. The highest BCUT2D eigenvalue weighted by atomic mass is 14.9. The second-order valence-electron chi connectivity index (χ2n) is 5.43. The first-order valence-corrected chi connectivity index (χ1v) is 7.29. The first-order chi connectivity index (χ1) is 10.2. The molecule has 0 aliphatic carbocycles. The smallest absolute Gasteiger partial charge is 0.0758 e. The minimum atomic E-state index is 0.107. The van der Waals surface area contributed by atoms with Gasteiger partial charge in [-0.05, 0) is 49.0 Å². The molecule has 0 amide bonds. The van der Waals surface area contributed by atoms with E-state index in [1.807, 2.05) is 13.2 Å². The van der Waals surface area contributed by atoms with Crippen molar-refractivity contribution in [2.24, 2.45) is 0 Å². The largest absolute Gasteiger partial charge is 0.308 e. The highest BCUT2D eigenvalue weighted by molar-refractivity contribution is 5.85. The lowest BCUT2D eigenvalue weighted by atomic mass is 9.93. The number of rotatable bonds is 3. The van der Waals surface area contributed by atoms with Crippen LogP contribution >= 0.6 is 0 Å². The fraction of sp³-hybridized carbons (Fsp3) is 0.211. The highest BCUT2D eigenvalue weighted by Gasteiger charge is 2.18. The van der Waals surface area contributed by atoms with E-state index in [4.69, 9.17) is 0 Å². The molecular formula is C19H20N2. The zero-order valence-corrected chi connectivity index (χ0v) is 12.7. The second-order valence-corrected chi connectivity index (χ2v) is 5.43. The molecule has 2 heteroatoms. The summed E-state index contributed by atoms with van der Waals surface area (Å²) in [6.45, 7) is 4.34. The first-order valence-electron chi connectivity index (χ1n) is 7.29. The van der Waals surface area contributed by atoms with Crippen LogP contribution in [0.3, 0.4) is 0 Å². The summed E-state index contributed by atoms with van der Waals surface area (Å²) in [6, 6.07) is 17.1. The topological polar surface area (TPSA) is 24.9 Å². The van der Waals surface area contributed by atoms with Gasteiger partial charge >= 0.3 is 0 Å². The zero-order chi connectivity index (χ0) is 14.8. The van der Waals surface area contributed by atoms with Crippen molar-refractivity contribution in [2.75, 3.05) is 7.05 Å². The number of nitrogens with one attached hydrogen (secondary N) is 1. The number of aromatic nitrogens is 1. The molecule has 1 N–H and O–H groups in total. The lowest BCUT2D eigenvalue weighted by Gasteiger charge is -2.21. The minimum Gasteiger partial charge on any atom is -0.308 e. The molecule has 2 aromatic carbocycles. The van der Waals surface area contributed by atoms with Crippen LogP contribution in [0.1, 0.15) is 28.4 Å². The van der Waals surface area contributed by atoms with E-state index in [1.54, 1.807) is 0 Å². The Kier molecular flexibility index (Phi) is 3.72. The lowest BCUT2D eigenvalue weighted by molar-refractivity contribution is 0.672. The molecule has 0 saturated heterocycles. The summed E-state index contributed by atoms with van der Waals surface area (Å²) in [5.41, 5.74) is 5.02. The van der Waals surface area contributed by atoms with Gasteiger partial charge in [0.25, 0.3) is 0 Å². The van der Waals surface area contributed by atoms with Gasteiger partial charge in [-0.15, -0.1) is 0 Å². The molecule has 3 aromatic rings. The Labute approximate surface area is 125 Å². The molecule has 1 aromatic heterocycles. The highest BCUT2D eigenvalue weighted by Crippen LogP contribution is 2.29. The van der Waals surface area contributed by atoms with E-state index < -0.39 is 0 Å². The molecule has 0 saturated carbocycles. The Morgan fingerprint density at radius 2 is 1.76 bits per heavy atom. The van der Waals surface area contributed by atoms with Crippen molar-refractivity contribution in [2.45, 2.75) is 19.9 Å². The molecule has 21 heavy (non-hydrogen) atoms. The van der Waals surface area contributed by atoms with Gasteiger partial charge in [-0.1, -0.05) is 42.5 Å². The van der Waals surface area contributed by atoms with E-state index in [1.165, 1.54) is 27.5 Å². The van der Waals surface area contributed by atoms with Crippen LogP contribution in [0.25, 0.3) is 10.8 Å². The number of fused-ring (bicyclic) bond motifs is 1. The van der Waals surface area contributed by atoms with Gasteiger partial charge in [0, 0.05) is 11.6 Å². The summed E-state index contributed by atoms with van der Waals surface area (Å²) < 4.78 is 0. The van der Waals surface area contributed by atoms with E-state index in [9.17, 15) is 0 Å². The molecule has 1 heterocycles. The molecule has 106 valence electrons. The summed E-state index contributed by atoms with van der Waals surface area (Å²) >= 11 is 0. The van der Waals surface area contributed by atoms with Crippen LogP contribution in [0.15, 0.2) is 54.7 Å². The lowest BCUT2D eigenvalue weighted by Crippen LogP contribution is -2.20. The van der Waals surface area contributed by atoms with E-state index in [-0.39, 0.29) is 6.04 Å². The number of pyridine rings is 1. The van der Waals surface area contributed by atoms with Crippen LogP contribution in [0, 0.1) is 13.8 Å². The molecule has 2 nitrogen and oxygen atoms in total. The summed E-state index contributed by atoms with van der Waals surface area (Å²) in [6.07, 6.45) is 1.90. The molecule has 1 unspecified atom stereocenters. The van der Waals surface area contributed by atoms with Gasteiger partial charge in [-0.2, -0.15) is 0 Å². The van der Waals surface area contributed by atoms with Crippen molar-refractivity contribution in [3.05, 3.63) is 77.1 Å². The molecule has 0 bridgehead atoms. The molecule has 3 rings (SSSR count). The molecule has 0 radical (unpaired) electrons. The minimum absolute atomic E-state index is 0.107. The van der Waals surface area contributed by atoms with E-state index in [0.717, 1.165) is 5.69 Å². The van der Waals surface area contributed by atoms with Gasteiger partial charge in [0.2, 0.25) is 0 Å². The number of benzene rings is 2. The van der Waals surface area contributed by atoms with Crippen LogP contribution in [-0.4, -0.2) is 12.0 Å². The van der Waals surface area contributed by atoms with Gasteiger partial charge in [0.05, 0.1) is 11.7 Å². The third kappa shape index (κ3) is 2.43. The number of hydrogen-bond acceptors (Lipinski definition) is 2. The van der Waals surface area contributed by atoms with E-state index in [0.29, 0.717) is 0 Å². The predicted molar refractivity (Wildman–Crippen MR) is 88.6 cm³/mol. The first kappa shape index (κ1) is 13.8. The third-order valence-corrected chi connectivity index (χ3v) is 4.22. The zero-order valence-electron chi connectivity index (χ0n) is 12.7. The van der Waals surface area contributed by atoms with Crippen LogP contribution in [0.5, 0.6) is 0 Å². The average Bonchev–Trinajstić information content (AvgIpc) is 2.52. The van der Waals surface area contributed by atoms with Crippen molar-refractivity contribution in [3.8, 4) is 0 Å². The Bertz CT molecular complexity index is 772. The van der Waals surface area contributed by atoms with Crippen molar-refractivity contribution in [3.63, 3.8) is 0 Å². The summed E-state index contributed by atoms with van der Waals surface area (Å²) in [5, 5.41) is 5.87. The predicted octanol–water partition coefficient (Wildman–Crippen LogP) is 4.16. The molecule has 0 aliphatic heterocycles. The Morgan fingerprint density at radius 1 is 0.952 bits per heavy atom. The summed E-state index contributed by atoms with van der Waals surface area (Å²) in [7, 11) is 2.00. The van der Waals surface area contributed by atoms with Gasteiger partial charge in [-0.3, -0.25) is 4.98 Å². The van der Waals surface area contributed by atoms with Crippen LogP contribution in [0.4, 0.5) is 0 Å². The molecule has 0 fully saturated rings. The number of aryl methyl sites for hydroxylation is 1.